The van der Waals surface area contributed by atoms with Gasteiger partial charge in [-0.25, -0.2) is 0 Å². The molecule has 0 aliphatic heterocycles. The predicted molar refractivity (Wildman–Crippen MR) is 153 cm³/mol. The van der Waals surface area contributed by atoms with Crippen LogP contribution in [-0.4, -0.2) is 0 Å². The van der Waals surface area contributed by atoms with Crippen LogP contribution >= 0.6 is 0 Å². The van der Waals surface area contributed by atoms with Gasteiger partial charge in [-0.1, -0.05) is 161 Å². The summed E-state index contributed by atoms with van der Waals surface area (Å²) in [5.41, 5.74) is 0. The number of fused-ring (bicyclic) bond motifs is 10. The SMILES string of the molecule is C1CC2CCC(C1)C2.C1CC2CCC1CC2.C1CC2CCCC(C1)C2.C1CC2CCCC(C1)CC2. The first-order chi connectivity index (χ1) is 17.3. The molecule has 9 aliphatic carbocycles. The Morgan fingerprint density at radius 3 is 0.600 bits per heavy atom. The van der Waals surface area contributed by atoms with E-state index in [1.54, 1.807) is 141 Å². The summed E-state index contributed by atoms with van der Waals surface area (Å²) < 4.78 is 0. The molecule has 9 rings (SSSR count). The normalized spacial score (nSPS) is 43.2. The van der Waals surface area contributed by atoms with Gasteiger partial charge in [-0.05, 0) is 60.2 Å². The standard InChI is InChI=1S/C10H18.C9H16.2C8H14/c1-3-9-5-2-6-10(4-1)8-7-9;1-3-8-5-2-6-9(4-1)7-8;1-2-8-5-3-7(1)4-6-8;1-2-7-4-5-8(3-1)6-7/h9-10H,1-8H2;8-9H,1-7H2;2*7-8H,1-6H2. The van der Waals surface area contributed by atoms with E-state index in [1.165, 1.54) is 32.1 Å². The van der Waals surface area contributed by atoms with Crippen LogP contribution in [0.3, 0.4) is 0 Å². The van der Waals surface area contributed by atoms with Gasteiger partial charge in [-0.15, -0.1) is 0 Å². The highest BCUT2D eigenvalue weighted by atomic mass is 14.3. The summed E-state index contributed by atoms with van der Waals surface area (Å²) in [4.78, 5) is 0. The van der Waals surface area contributed by atoms with Crippen molar-refractivity contribution < 1.29 is 0 Å². The lowest BCUT2D eigenvalue weighted by atomic mass is 9.71. The first kappa shape index (κ1) is 26.6. The molecule has 0 radical (unpaired) electrons. The van der Waals surface area contributed by atoms with E-state index in [0.717, 1.165) is 47.3 Å². The number of rotatable bonds is 0. The molecule has 0 saturated heterocycles. The van der Waals surface area contributed by atoms with Crippen LogP contribution in [0.15, 0.2) is 0 Å². The van der Waals surface area contributed by atoms with Crippen LogP contribution in [0, 0.1) is 47.3 Å². The van der Waals surface area contributed by atoms with Gasteiger partial charge in [-0.2, -0.15) is 0 Å². The minimum atomic E-state index is 1.13. The van der Waals surface area contributed by atoms with Gasteiger partial charge in [0.25, 0.3) is 0 Å². The average Bonchev–Trinajstić information content (AvgIpc) is 3.09. The largest absolute Gasteiger partial charge is 0.0528 e. The van der Waals surface area contributed by atoms with Gasteiger partial charge in [-0.3, -0.25) is 0 Å². The van der Waals surface area contributed by atoms with Gasteiger partial charge >= 0.3 is 0 Å². The Labute approximate surface area is 220 Å². The van der Waals surface area contributed by atoms with E-state index in [9.17, 15) is 0 Å². The van der Waals surface area contributed by atoms with Gasteiger partial charge < -0.3 is 0 Å². The van der Waals surface area contributed by atoms with Crippen LogP contribution in [-0.2, 0) is 0 Å². The highest BCUT2D eigenvalue weighted by molar-refractivity contribution is 4.81. The Morgan fingerprint density at radius 2 is 0.343 bits per heavy atom. The van der Waals surface area contributed by atoms with Crippen LogP contribution in [0.1, 0.15) is 173 Å². The van der Waals surface area contributed by atoms with Crippen molar-refractivity contribution in [2.45, 2.75) is 173 Å². The summed E-state index contributed by atoms with van der Waals surface area (Å²) in [5, 5.41) is 0. The molecule has 0 heterocycles. The molecule has 0 aromatic rings. The van der Waals surface area contributed by atoms with Crippen molar-refractivity contribution in [3.8, 4) is 0 Å². The zero-order valence-corrected chi connectivity index (χ0v) is 23.7. The first-order valence-electron chi connectivity index (χ1n) is 17.3. The maximum atomic E-state index is 1.58. The molecule has 0 N–H and O–H groups in total. The van der Waals surface area contributed by atoms with E-state index < -0.39 is 0 Å². The second-order valence-corrected chi connectivity index (χ2v) is 14.9. The van der Waals surface area contributed by atoms with Crippen LogP contribution < -0.4 is 0 Å². The highest BCUT2D eigenvalue weighted by Crippen LogP contribution is 2.42. The molecule has 8 bridgehead atoms. The zero-order valence-electron chi connectivity index (χ0n) is 23.7. The van der Waals surface area contributed by atoms with Crippen LogP contribution in [0.4, 0.5) is 0 Å². The number of hydrogen-bond acceptors (Lipinski definition) is 0. The fourth-order valence-corrected chi connectivity index (χ4v) is 10.0. The summed E-state index contributed by atoms with van der Waals surface area (Å²) in [7, 11) is 0. The van der Waals surface area contributed by atoms with Crippen molar-refractivity contribution in [1.29, 1.82) is 0 Å². The monoisotopic (exact) mass is 482 g/mol. The van der Waals surface area contributed by atoms with Gasteiger partial charge in [0.2, 0.25) is 0 Å². The summed E-state index contributed by atoms with van der Waals surface area (Å²) in [6.07, 6.45) is 42.0. The van der Waals surface area contributed by atoms with Crippen molar-refractivity contribution in [3.63, 3.8) is 0 Å². The van der Waals surface area contributed by atoms with Crippen molar-refractivity contribution in [2.75, 3.05) is 0 Å². The third-order valence-electron chi connectivity index (χ3n) is 12.4. The molecule has 9 saturated carbocycles. The van der Waals surface area contributed by atoms with Gasteiger partial charge in [0.15, 0.2) is 0 Å². The first-order valence-corrected chi connectivity index (χ1v) is 17.3. The molecule has 9 fully saturated rings. The van der Waals surface area contributed by atoms with Crippen LogP contribution in [0.5, 0.6) is 0 Å². The lowest BCUT2D eigenvalue weighted by molar-refractivity contribution is 0.176. The summed E-state index contributed by atoms with van der Waals surface area (Å²) in [6, 6.07) is 0. The minimum absolute atomic E-state index is 1.13. The lowest BCUT2D eigenvalue weighted by Gasteiger charge is -2.35. The fraction of sp³-hybridized carbons (Fsp3) is 1.00. The molecule has 0 spiro atoms. The maximum Gasteiger partial charge on any atom is -0.0412 e. The van der Waals surface area contributed by atoms with Gasteiger partial charge in [0.1, 0.15) is 0 Å². The van der Waals surface area contributed by atoms with Gasteiger partial charge in [0.05, 0.1) is 0 Å². The molecular formula is C35H62. The molecule has 0 nitrogen and oxygen atoms in total. The maximum absolute atomic E-state index is 1.58. The van der Waals surface area contributed by atoms with E-state index in [0.29, 0.717) is 0 Å². The average molecular weight is 483 g/mol. The Morgan fingerprint density at radius 1 is 0.171 bits per heavy atom. The lowest BCUT2D eigenvalue weighted by Crippen LogP contribution is -2.21. The molecule has 2 atom stereocenters. The van der Waals surface area contributed by atoms with E-state index in [1.807, 2.05) is 0 Å². The Hall–Kier alpha value is 0. The Kier molecular flexibility index (Phi) is 10.8. The number of hydrogen-bond donors (Lipinski definition) is 0. The fourth-order valence-electron chi connectivity index (χ4n) is 10.0. The van der Waals surface area contributed by atoms with E-state index in [2.05, 4.69) is 0 Å². The third-order valence-corrected chi connectivity index (χ3v) is 12.4. The Bertz CT molecular complexity index is 479. The molecule has 35 heavy (non-hydrogen) atoms. The van der Waals surface area contributed by atoms with Gasteiger partial charge in [0, 0.05) is 0 Å². The summed E-state index contributed by atoms with van der Waals surface area (Å²) in [5.74, 6) is 9.19. The summed E-state index contributed by atoms with van der Waals surface area (Å²) in [6.45, 7) is 0. The molecular weight excluding hydrogens is 420 g/mol. The minimum Gasteiger partial charge on any atom is -0.0528 e. The summed E-state index contributed by atoms with van der Waals surface area (Å²) >= 11 is 0. The topological polar surface area (TPSA) is 0 Å². The van der Waals surface area contributed by atoms with Crippen LogP contribution in [0.2, 0.25) is 0 Å². The zero-order chi connectivity index (χ0) is 23.7. The molecule has 202 valence electrons. The van der Waals surface area contributed by atoms with Crippen molar-refractivity contribution >= 4 is 0 Å². The van der Waals surface area contributed by atoms with Crippen LogP contribution in [0.25, 0.3) is 0 Å². The molecule has 0 heteroatoms. The quantitative estimate of drug-likeness (QED) is 0.322. The predicted octanol–water partition coefficient (Wildman–Crippen LogP) is 11.5. The molecule has 9 aliphatic rings. The second-order valence-electron chi connectivity index (χ2n) is 14.9. The van der Waals surface area contributed by atoms with E-state index in [4.69, 9.17) is 0 Å². The van der Waals surface area contributed by atoms with Crippen molar-refractivity contribution in [3.05, 3.63) is 0 Å². The molecule has 0 aromatic heterocycles. The van der Waals surface area contributed by atoms with E-state index in [-0.39, 0.29) is 0 Å². The van der Waals surface area contributed by atoms with Crippen molar-refractivity contribution in [2.24, 2.45) is 47.3 Å². The smallest absolute Gasteiger partial charge is 0.0412 e. The third kappa shape index (κ3) is 8.77. The van der Waals surface area contributed by atoms with E-state index >= 15 is 0 Å². The molecule has 2 unspecified atom stereocenters. The molecule has 0 aromatic carbocycles. The highest BCUT2D eigenvalue weighted by Gasteiger charge is 2.28. The molecule has 0 amide bonds. The van der Waals surface area contributed by atoms with Crippen molar-refractivity contribution in [1.82, 2.24) is 0 Å². The second kappa shape index (κ2) is 14.2. The Balaban J connectivity index is 0.0000000969.